The van der Waals surface area contributed by atoms with Crippen molar-refractivity contribution in [3.63, 3.8) is 0 Å². The van der Waals surface area contributed by atoms with E-state index in [2.05, 4.69) is 99.2 Å². The van der Waals surface area contributed by atoms with Crippen molar-refractivity contribution in [3.8, 4) is 43.8 Å². The maximum absolute atomic E-state index is 9.72. The average molecular weight is 984 g/mol. The zero-order valence-electron chi connectivity index (χ0n) is 40.5. The summed E-state index contributed by atoms with van der Waals surface area (Å²) in [5, 5.41) is 38.9. The molecule has 0 N–H and O–H groups in total. The molecular weight excluding hydrogens is 917 g/mol. The van der Waals surface area contributed by atoms with E-state index in [1.54, 1.807) is 22.7 Å². The monoisotopic (exact) mass is 982 g/mol. The molecule has 0 amide bonds. The van der Waals surface area contributed by atoms with E-state index in [1.807, 2.05) is 46.2 Å². The number of unbranched alkanes of at least 4 members (excludes halogenated alkanes) is 8. The van der Waals surface area contributed by atoms with Gasteiger partial charge in [-0.1, -0.05) is 119 Å². The molecule has 7 aromatic heterocycles. The van der Waals surface area contributed by atoms with Crippen LogP contribution in [-0.4, -0.2) is 9.13 Å². The van der Waals surface area contributed by atoms with Crippen molar-refractivity contribution >= 4 is 110 Å². The molecule has 2 unspecified atom stereocenters. The van der Waals surface area contributed by atoms with Gasteiger partial charge in [0.15, 0.2) is 0 Å². The van der Waals surface area contributed by atoms with Crippen LogP contribution < -0.4 is 0 Å². The zero-order valence-corrected chi connectivity index (χ0v) is 44.6. The number of fused-ring (bicyclic) bond motifs is 7. The van der Waals surface area contributed by atoms with Crippen molar-refractivity contribution < 1.29 is 0 Å². The van der Waals surface area contributed by atoms with Gasteiger partial charge in [-0.15, -0.1) is 56.7 Å². The lowest BCUT2D eigenvalue weighted by atomic mass is 9.99. The van der Waals surface area contributed by atoms with E-state index in [1.165, 1.54) is 149 Å². The number of hydrogen-bond acceptors (Lipinski definition) is 9. The van der Waals surface area contributed by atoms with Gasteiger partial charge in [0.05, 0.1) is 40.9 Å². The summed E-state index contributed by atoms with van der Waals surface area (Å²) in [7, 11) is 0. The van der Waals surface area contributed by atoms with Gasteiger partial charge in [-0.2, -0.15) is 21.0 Å². The summed E-state index contributed by atoms with van der Waals surface area (Å²) in [6.07, 6.45) is 24.5. The van der Waals surface area contributed by atoms with Gasteiger partial charge < -0.3 is 9.13 Å². The summed E-state index contributed by atoms with van der Waals surface area (Å²) in [5.41, 5.74) is 8.25. The van der Waals surface area contributed by atoms with E-state index in [0.717, 1.165) is 61.4 Å². The smallest absolute Gasteiger partial charge is 0.131 e. The number of hydrogen-bond donors (Lipinski definition) is 0. The predicted molar refractivity (Wildman–Crippen MR) is 293 cm³/mol. The molecule has 7 rings (SSSR count). The lowest BCUT2D eigenvalue weighted by molar-refractivity contribution is 0.398. The van der Waals surface area contributed by atoms with Crippen LogP contribution in [0.15, 0.2) is 35.4 Å². The molecule has 2 atom stereocenters. The molecule has 0 radical (unpaired) electrons. The van der Waals surface area contributed by atoms with Gasteiger partial charge in [-0.25, -0.2) is 0 Å². The molecule has 0 aromatic carbocycles. The quantitative estimate of drug-likeness (QED) is 0.0398. The molecule has 0 aliphatic carbocycles. The Hall–Kier alpha value is -4.46. The Labute approximate surface area is 419 Å². The van der Waals surface area contributed by atoms with Gasteiger partial charge in [-0.05, 0) is 97.9 Å². The summed E-state index contributed by atoms with van der Waals surface area (Å²) in [6.45, 7) is 15.8. The third kappa shape index (κ3) is 11.2. The molecule has 350 valence electrons. The highest BCUT2D eigenvalue weighted by Gasteiger charge is 2.28. The molecule has 6 nitrogen and oxygen atoms in total. The first-order chi connectivity index (χ1) is 32.8. The molecule has 0 saturated carbocycles. The van der Waals surface area contributed by atoms with Crippen LogP contribution in [0.1, 0.15) is 165 Å². The number of aryl methyl sites for hydroxylation is 2. The molecule has 7 aromatic rings. The van der Waals surface area contributed by atoms with Crippen LogP contribution in [0.2, 0.25) is 0 Å². The van der Waals surface area contributed by atoms with Gasteiger partial charge in [-0.3, -0.25) is 0 Å². The normalized spacial score (nSPS) is 12.4. The highest BCUT2D eigenvalue weighted by molar-refractivity contribution is 7.36. The topological polar surface area (TPSA) is 105 Å². The first-order valence-corrected chi connectivity index (χ1v) is 29.2. The van der Waals surface area contributed by atoms with Crippen LogP contribution in [0, 0.1) is 57.2 Å². The molecule has 7 heterocycles. The van der Waals surface area contributed by atoms with Crippen LogP contribution in [0.25, 0.3) is 72.5 Å². The molecule has 0 aliphatic rings. The van der Waals surface area contributed by atoms with Crippen LogP contribution in [-0.2, 0) is 25.9 Å². The van der Waals surface area contributed by atoms with Crippen molar-refractivity contribution in [1.29, 1.82) is 21.0 Å². The highest BCUT2D eigenvalue weighted by Crippen LogP contribution is 2.53. The highest BCUT2D eigenvalue weighted by atomic mass is 32.1. The summed E-state index contributed by atoms with van der Waals surface area (Å²) in [6, 6.07) is 18.0. The minimum absolute atomic E-state index is 0.158. The largest absolute Gasteiger partial charge is 0.337 e. The molecule has 11 heteroatoms. The SMILES string of the molecule is CCCCCCc1cc(-c2cc3c(s2)c2sc4c5sc(-c6cc(CCCCCC)c(C=C(C#N)C#N)s6)cc5n(CC(CC)CCCC)c4c2n3CC(CC)CCCC)sc1C=C(C#N)C#N. The number of rotatable bonds is 26. The Balaban J connectivity index is 1.44. The molecule has 67 heavy (non-hydrogen) atoms. The molecule has 0 saturated heterocycles. The maximum Gasteiger partial charge on any atom is 0.131 e. The second kappa shape index (κ2) is 24.2. The molecule has 0 fully saturated rings. The third-order valence-corrected chi connectivity index (χ3v) is 20.0. The number of nitrogens with zero attached hydrogens (tertiary/aromatic N) is 6. The molecule has 0 aliphatic heterocycles. The Morgan fingerprint density at radius 1 is 0.478 bits per heavy atom. The fourth-order valence-corrected chi connectivity index (χ4v) is 16.0. The van der Waals surface area contributed by atoms with Crippen molar-refractivity contribution in [2.24, 2.45) is 11.8 Å². The van der Waals surface area contributed by atoms with Gasteiger partial charge in [0.1, 0.15) is 35.4 Å². The van der Waals surface area contributed by atoms with Crippen molar-refractivity contribution in [3.05, 3.63) is 56.3 Å². The minimum atomic E-state index is 0.158. The third-order valence-electron chi connectivity index (χ3n) is 13.6. The van der Waals surface area contributed by atoms with Crippen LogP contribution >= 0.6 is 56.7 Å². The van der Waals surface area contributed by atoms with Crippen molar-refractivity contribution in [2.45, 2.75) is 170 Å². The summed E-state index contributed by atoms with van der Waals surface area (Å²) in [4.78, 5) is 7.03. The Morgan fingerprint density at radius 3 is 1.22 bits per heavy atom. The fourth-order valence-electron chi connectivity index (χ4n) is 9.61. The maximum atomic E-state index is 9.72. The first kappa shape index (κ1) is 50.4. The molecule has 0 spiro atoms. The fraction of sp³-hybridized carbons (Fsp3) is 0.500. The summed E-state index contributed by atoms with van der Waals surface area (Å²) < 4.78 is 10.9. The number of thiophene rings is 5. The van der Waals surface area contributed by atoms with Crippen LogP contribution in [0.5, 0.6) is 0 Å². The Bertz CT molecular complexity index is 2790. The zero-order chi connectivity index (χ0) is 47.5. The minimum Gasteiger partial charge on any atom is -0.337 e. The second-order valence-electron chi connectivity index (χ2n) is 18.3. The lowest BCUT2D eigenvalue weighted by Crippen LogP contribution is -2.12. The molecule has 0 bridgehead atoms. The van der Waals surface area contributed by atoms with E-state index >= 15 is 0 Å². The Kier molecular flexibility index (Phi) is 18.2. The van der Waals surface area contributed by atoms with Gasteiger partial charge in [0, 0.05) is 42.4 Å². The van der Waals surface area contributed by atoms with Crippen LogP contribution in [0.3, 0.4) is 0 Å². The summed E-state index contributed by atoms with van der Waals surface area (Å²) >= 11 is 9.27. The van der Waals surface area contributed by atoms with Gasteiger partial charge in [0.2, 0.25) is 0 Å². The lowest BCUT2D eigenvalue weighted by Gasteiger charge is -2.19. The molecular formula is C56H66N6S5. The van der Waals surface area contributed by atoms with E-state index in [-0.39, 0.29) is 11.1 Å². The van der Waals surface area contributed by atoms with Crippen molar-refractivity contribution in [2.75, 3.05) is 0 Å². The second-order valence-corrected chi connectivity index (χ2v) is 23.6. The van der Waals surface area contributed by atoms with E-state index < -0.39 is 0 Å². The predicted octanol–water partition coefficient (Wildman–Crippen LogP) is 19.1. The van der Waals surface area contributed by atoms with Gasteiger partial charge in [0.25, 0.3) is 0 Å². The number of nitriles is 4. The van der Waals surface area contributed by atoms with Crippen LogP contribution in [0.4, 0.5) is 0 Å². The van der Waals surface area contributed by atoms with Crippen molar-refractivity contribution in [1.82, 2.24) is 9.13 Å². The first-order valence-electron chi connectivity index (χ1n) is 25.1. The number of aromatic nitrogens is 2. The average Bonchev–Trinajstić information content (AvgIpc) is 4.22. The summed E-state index contributed by atoms with van der Waals surface area (Å²) in [5.74, 6) is 1.15. The van der Waals surface area contributed by atoms with E-state index in [9.17, 15) is 21.0 Å². The number of allylic oxidation sites excluding steroid dienone is 2. The van der Waals surface area contributed by atoms with Gasteiger partial charge >= 0.3 is 0 Å². The Morgan fingerprint density at radius 2 is 0.866 bits per heavy atom. The van der Waals surface area contributed by atoms with E-state index in [0.29, 0.717) is 11.8 Å². The standard InChI is InChI=1S/C56H66N6S5/c1-7-13-17-19-23-41-27-47(63-45(41)25-39(31-57)32-58)49-29-43-53(65-49)55-51(61(43)35-37(11-5)21-15-9-3)52-56(67-55)54-44(62(52)36-38(12-6)22-16-10-4)30-50(66-54)48-28-42(24-20-18-14-8-2)46(64-48)26-40(33-59)34-60/h25-30,37-38H,7-24,35-36H2,1-6H3. The van der Waals surface area contributed by atoms with E-state index in [4.69, 9.17) is 0 Å².